The Morgan fingerprint density at radius 2 is 1.89 bits per heavy atom. The van der Waals surface area contributed by atoms with Crippen molar-refractivity contribution in [3.05, 3.63) is 93.8 Å². The zero-order valence-electron chi connectivity index (χ0n) is 18.3. The molecule has 0 bridgehead atoms. The molecule has 0 aliphatic carbocycles. The van der Waals surface area contributed by atoms with Gasteiger partial charge in [0.2, 0.25) is 0 Å². The van der Waals surface area contributed by atoms with Gasteiger partial charge in [0.15, 0.2) is 0 Å². The predicted octanol–water partition coefficient (Wildman–Crippen LogP) is 5.57. The predicted molar refractivity (Wildman–Crippen MR) is 123 cm³/mol. The lowest BCUT2D eigenvalue weighted by Crippen LogP contribution is -2.31. The molecule has 0 saturated heterocycles. The van der Waals surface area contributed by atoms with E-state index in [1.807, 2.05) is 0 Å². The van der Waals surface area contributed by atoms with E-state index in [0.29, 0.717) is 28.5 Å². The lowest BCUT2D eigenvalue weighted by molar-refractivity contribution is -0.137. The summed E-state index contributed by atoms with van der Waals surface area (Å²) in [5.41, 5.74) is 6.39. The van der Waals surface area contributed by atoms with Gasteiger partial charge in [-0.1, -0.05) is 11.6 Å². The van der Waals surface area contributed by atoms with Gasteiger partial charge in [-0.25, -0.2) is 9.37 Å². The minimum Gasteiger partial charge on any atom is -0.383 e. The van der Waals surface area contributed by atoms with Crippen LogP contribution in [0.25, 0.3) is 10.9 Å². The summed E-state index contributed by atoms with van der Waals surface area (Å²) in [6, 6.07) is 9.43. The standard InChI is InChI=1S/C24H18ClF4N5O/c1-13-7-14-8-17(18(25)9-20(14)33-22(13)30)23(35)34(12-21-19(26)3-2-6-31-21)11-16-5-4-15(10-32-16)24(27,28)29/h2-10H,11-12H2,1H3,(H2,30,33). The summed E-state index contributed by atoms with van der Waals surface area (Å²) in [5.74, 6) is -0.892. The first kappa shape index (κ1) is 24.3. The van der Waals surface area contributed by atoms with Crippen molar-refractivity contribution in [1.82, 2.24) is 19.9 Å². The quantitative estimate of drug-likeness (QED) is 0.360. The highest BCUT2D eigenvalue weighted by atomic mass is 35.5. The number of fused-ring (bicyclic) bond motifs is 1. The Balaban J connectivity index is 1.72. The number of carbonyl (C=O) groups is 1. The number of halogens is 5. The maximum Gasteiger partial charge on any atom is 0.417 e. The molecule has 11 heteroatoms. The van der Waals surface area contributed by atoms with Crippen LogP contribution in [0, 0.1) is 12.7 Å². The summed E-state index contributed by atoms with van der Waals surface area (Å²) in [6.45, 7) is 1.30. The number of aryl methyl sites for hydroxylation is 1. The number of amides is 1. The lowest BCUT2D eigenvalue weighted by Gasteiger charge is -2.23. The highest BCUT2D eigenvalue weighted by Crippen LogP contribution is 2.30. The third-order valence-electron chi connectivity index (χ3n) is 5.33. The fourth-order valence-electron chi connectivity index (χ4n) is 3.45. The van der Waals surface area contributed by atoms with E-state index in [-0.39, 0.29) is 35.1 Å². The third-order valence-corrected chi connectivity index (χ3v) is 5.64. The molecule has 0 radical (unpaired) electrons. The maximum absolute atomic E-state index is 14.3. The molecule has 35 heavy (non-hydrogen) atoms. The summed E-state index contributed by atoms with van der Waals surface area (Å²) in [4.78, 5) is 26.8. The Morgan fingerprint density at radius 3 is 2.54 bits per heavy atom. The number of nitrogens with zero attached hydrogens (tertiary/aromatic N) is 4. The topological polar surface area (TPSA) is 85.0 Å². The highest BCUT2D eigenvalue weighted by Gasteiger charge is 2.31. The van der Waals surface area contributed by atoms with Gasteiger partial charge in [0.1, 0.15) is 11.6 Å². The summed E-state index contributed by atoms with van der Waals surface area (Å²) in [5, 5.41) is 0.700. The fourth-order valence-corrected chi connectivity index (χ4v) is 3.69. The van der Waals surface area contributed by atoms with Crippen molar-refractivity contribution in [2.75, 3.05) is 5.73 Å². The van der Waals surface area contributed by atoms with Crippen molar-refractivity contribution in [3.63, 3.8) is 0 Å². The van der Waals surface area contributed by atoms with E-state index in [4.69, 9.17) is 17.3 Å². The molecule has 1 aromatic carbocycles. The number of hydrogen-bond donors (Lipinski definition) is 1. The number of hydrogen-bond acceptors (Lipinski definition) is 5. The molecule has 0 unspecified atom stereocenters. The molecule has 0 spiro atoms. The van der Waals surface area contributed by atoms with Crippen molar-refractivity contribution >= 4 is 34.2 Å². The zero-order chi connectivity index (χ0) is 25.3. The molecule has 180 valence electrons. The lowest BCUT2D eigenvalue weighted by atomic mass is 10.1. The molecule has 6 nitrogen and oxygen atoms in total. The average Bonchev–Trinajstić information content (AvgIpc) is 2.80. The molecule has 1 amide bonds. The molecule has 2 N–H and O–H groups in total. The number of carbonyl (C=O) groups excluding carboxylic acids is 1. The number of anilines is 1. The van der Waals surface area contributed by atoms with Crippen LogP contribution in [-0.4, -0.2) is 25.8 Å². The Morgan fingerprint density at radius 1 is 1.11 bits per heavy atom. The molecule has 3 heterocycles. The van der Waals surface area contributed by atoms with Gasteiger partial charge < -0.3 is 10.6 Å². The van der Waals surface area contributed by atoms with Crippen molar-refractivity contribution in [3.8, 4) is 0 Å². The fraction of sp³-hybridized carbons (Fsp3) is 0.167. The van der Waals surface area contributed by atoms with Gasteiger partial charge in [-0.15, -0.1) is 0 Å². The second kappa shape index (κ2) is 9.46. The van der Waals surface area contributed by atoms with Crippen molar-refractivity contribution < 1.29 is 22.4 Å². The summed E-state index contributed by atoms with van der Waals surface area (Å²) in [7, 11) is 0. The van der Waals surface area contributed by atoms with Gasteiger partial charge in [0.05, 0.1) is 46.1 Å². The minimum absolute atomic E-state index is 0.0186. The number of nitrogens with two attached hydrogens (primary N) is 1. The first-order chi connectivity index (χ1) is 16.5. The van der Waals surface area contributed by atoms with Gasteiger partial charge in [0.25, 0.3) is 5.91 Å². The normalized spacial score (nSPS) is 11.6. The van der Waals surface area contributed by atoms with Crippen LogP contribution in [0.4, 0.5) is 23.4 Å². The molecule has 4 aromatic rings. The minimum atomic E-state index is -4.55. The van der Waals surface area contributed by atoms with Crippen LogP contribution < -0.4 is 5.73 Å². The largest absolute Gasteiger partial charge is 0.417 e. The summed E-state index contributed by atoms with van der Waals surface area (Å²) in [6.07, 6.45) is -2.49. The van der Waals surface area contributed by atoms with Crippen LogP contribution in [0.5, 0.6) is 0 Å². The molecular formula is C24H18ClF4N5O. The average molecular weight is 504 g/mol. The van der Waals surface area contributed by atoms with Gasteiger partial charge in [-0.05, 0) is 55.0 Å². The Labute approximate surface area is 202 Å². The van der Waals surface area contributed by atoms with E-state index >= 15 is 0 Å². The second-order valence-electron chi connectivity index (χ2n) is 7.84. The molecule has 0 aliphatic rings. The number of aromatic nitrogens is 3. The summed E-state index contributed by atoms with van der Waals surface area (Å²) >= 11 is 6.38. The third kappa shape index (κ3) is 5.32. The van der Waals surface area contributed by atoms with Crippen LogP contribution in [-0.2, 0) is 19.3 Å². The van der Waals surface area contributed by atoms with Crippen molar-refractivity contribution in [2.24, 2.45) is 0 Å². The number of pyridine rings is 3. The second-order valence-corrected chi connectivity index (χ2v) is 8.25. The Hall–Kier alpha value is -3.79. The first-order valence-corrected chi connectivity index (χ1v) is 10.7. The molecule has 0 atom stereocenters. The number of benzene rings is 1. The smallest absolute Gasteiger partial charge is 0.383 e. The number of alkyl halides is 3. The molecule has 4 rings (SSSR count). The van der Waals surface area contributed by atoms with Crippen molar-refractivity contribution in [1.29, 1.82) is 0 Å². The zero-order valence-corrected chi connectivity index (χ0v) is 19.0. The Kier molecular flexibility index (Phi) is 6.58. The van der Waals surface area contributed by atoms with Gasteiger partial charge in [0, 0.05) is 17.8 Å². The van der Waals surface area contributed by atoms with Crippen LogP contribution in [0.1, 0.15) is 32.9 Å². The van der Waals surface area contributed by atoms with E-state index in [0.717, 1.165) is 12.1 Å². The van der Waals surface area contributed by atoms with Crippen LogP contribution in [0.2, 0.25) is 5.02 Å². The molecule has 3 aromatic heterocycles. The van der Waals surface area contributed by atoms with Crippen LogP contribution >= 0.6 is 11.6 Å². The molecule has 0 saturated carbocycles. The van der Waals surface area contributed by atoms with Crippen molar-refractivity contribution in [2.45, 2.75) is 26.2 Å². The highest BCUT2D eigenvalue weighted by molar-refractivity contribution is 6.34. The number of nitrogen functional groups attached to an aromatic ring is 1. The summed E-state index contributed by atoms with van der Waals surface area (Å²) < 4.78 is 53.0. The molecule has 0 aliphatic heterocycles. The number of rotatable bonds is 5. The molecular weight excluding hydrogens is 486 g/mol. The molecule has 0 fully saturated rings. The SMILES string of the molecule is Cc1cc2cc(C(=O)N(Cc3ccc(C(F)(F)F)cn3)Cc3ncccc3F)c(Cl)cc2nc1N. The van der Waals surface area contributed by atoms with E-state index in [9.17, 15) is 22.4 Å². The van der Waals surface area contributed by atoms with E-state index in [1.54, 1.807) is 19.1 Å². The van der Waals surface area contributed by atoms with E-state index in [1.165, 1.54) is 29.3 Å². The first-order valence-electron chi connectivity index (χ1n) is 10.3. The van der Waals surface area contributed by atoms with Crippen LogP contribution in [0.3, 0.4) is 0 Å². The Bertz CT molecular complexity index is 1410. The van der Waals surface area contributed by atoms with Crippen LogP contribution in [0.15, 0.2) is 54.9 Å². The van der Waals surface area contributed by atoms with Gasteiger partial charge in [-0.3, -0.25) is 14.8 Å². The van der Waals surface area contributed by atoms with Gasteiger partial charge >= 0.3 is 6.18 Å². The van der Waals surface area contributed by atoms with E-state index < -0.39 is 23.5 Å². The van der Waals surface area contributed by atoms with Gasteiger partial charge in [-0.2, -0.15) is 13.2 Å². The monoisotopic (exact) mass is 503 g/mol. The maximum atomic E-state index is 14.3. The van der Waals surface area contributed by atoms with E-state index in [2.05, 4.69) is 15.0 Å².